The van der Waals surface area contributed by atoms with Gasteiger partial charge < -0.3 is 9.74 Å². The first-order valence-electron chi connectivity index (χ1n) is 8.00. The molecule has 6 heteroatoms. The average molecular weight is 344 g/mol. The number of hydrogen-bond donors (Lipinski definition) is 0. The van der Waals surface area contributed by atoms with Gasteiger partial charge in [0.2, 0.25) is 5.91 Å². The van der Waals surface area contributed by atoms with Crippen LogP contribution in [0.3, 0.4) is 0 Å². The van der Waals surface area contributed by atoms with Gasteiger partial charge in [-0.3, -0.25) is 4.79 Å². The van der Waals surface area contributed by atoms with E-state index < -0.39 is 0 Å². The smallest absolute Gasteiger partial charge is 0.219 e. The number of carbonyl (C=O) groups excluding carboxylic acids is 1. The summed E-state index contributed by atoms with van der Waals surface area (Å²) in [6.45, 7) is 2.15. The Morgan fingerprint density at radius 1 is 1.20 bits per heavy atom. The number of oxime groups is 1. The molecule has 1 amide bonds. The minimum atomic E-state index is -0.347. The van der Waals surface area contributed by atoms with Gasteiger partial charge in [0.05, 0.1) is 12.3 Å². The molecule has 0 saturated carbocycles. The van der Waals surface area contributed by atoms with Crippen LogP contribution >= 0.6 is 0 Å². The zero-order valence-electron chi connectivity index (χ0n) is 13.8. The number of hydrogen-bond acceptors (Lipinski definition) is 3. The first-order valence-corrected chi connectivity index (χ1v) is 8.00. The highest BCUT2D eigenvalue weighted by molar-refractivity contribution is 6.01. The van der Waals surface area contributed by atoms with Crippen molar-refractivity contribution in [1.82, 2.24) is 4.90 Å². The van der Waals surface area contributed by atoms with Crippen molar-refractivity contribution in [2.24, 2.45) is 5.16 Å². The summed E-state index contributed by atoms with van der Waals surface area (Å²) in [6.07, 6.45) is 0.0904. The average Bonchev–Trinajstić information content (AvgIpc) is 3.05. The van der Waals surface area contributed by atoms with Crippen LogP contribution in [-0.4, -0.2) is 29.2 Å². The van der Waals surface area contributed by atoms with Gasteiger partial charge in [0.15, 0.2) is 6.10 Å². The van der Waals surface area contributed by atoms with Crippen molar-refractivity contribution >= 4 is 11.6 Å². The van der Waals surface area contributed by atoms with E-state index in [1.165, 1.54) is 25.1 Å². The maximum Gasteiger partial charge on any atom is 0.219 e. The van der Waals surface area contributed by atoms with E-state index in [0.717, 1.165) is 5.56 Å². The Bertz CT molecular complexity index is 790. The summed E-state index contributed by atoms with van der Waals surface area (Å²) >= 11 is 0. The third-order valence-corrected chi connectivity index (χ3v) is 4.07. The van der Waals surface area contributed by atoms with Gasteiger partial charge in [-0.2, -0.15) is 0 Å². The molecule has 25 heavy (non-hydrogen) atoms. The Morgan fingerprint density at radius 2 is 1.92 bits per heavy atom. The van der Waals surface area contributed by atoms with Crippen molar-refractivity contribution in [2.75, 3.05) is 6.54 Å². The van der Waals surface area contributed by atoms with E-state index in [2.05, 4.69) is 5.16 Å². The minimum Gasteiger partial charge on any atom is -0.390 e. The second kappa shape index (κ2) is 7.42. The number of benzene rings is 2. The molecule has 4 nitrogen and oxygen atoms in total. The van der Waals surface area contributed by atoms with Crippen LogP contribution in [0.4, 0.5) is 8.78 Å². The van der Waals surface area contributed by atoms with Crippen LogP contribution in [0.5, 0.6) is 0 Å². The molecule has 1 aliphatic rings. The first kappa shape index (κ1) is 17.1. The van der Waals surface area contributed by atoms with Crippen molar-refractivity contribution in [3.63, 3.8) is 0 Å². The van der Waals surface area contributed by atoms with Gasteiger partial charge in [0.25, 0.3) is 0 Å². The molecule has 2 aromatic carbocycles. The molecule has 0 aliphatic carbocycles. The van der Waals surface area contributed by atoms with Gasteiger partial charge in [-0.05, 0) is 23.8 Å². The van der Waals surface area contributed by atoms with E-state index in [-0.39, 0.29) is 23.6 Å². The van der Waals surface area contributed by atoms with Gasteiger partial charge in [-0.1, -0.05) is 35.5 Å². The molecule has 1 unspecified atom stereocenters. The summed E-state index contributed by atoms with van der Waals surface area (Å²) < 4.78 is 26.8. The number of carbonyl (C=O) groups is 1. The molecule has 0 fully saturated rings. The topological polar surface area (TPSA) is 41.9 Å². The van der Waals surface area contributed by atoms with Crippen LogP contribution < -0.4 is 0 Å². The standard InChI is InChI=1S/C19H18F2N2O2/c1-13(24)23(11-14-6-8-15(20)9-7-14)12-16-10-19(22-25-16)17-4-2-3-5-18(17)21/h2-9,16H,10-12H2,1H3. The van der Waals surface area contributed by atoms with Crippen LogP contribution in [0.1, 0.15) is 24.5 Å². The Hall–Kier alpha value is -2.76. The number of nitrogens with zero attached hydrogens (tertiary/aromatic N) is 2. The van der Waals surface area contributed by atoms with Crippen molar-refractivity contribution in [3.05, 3.63) is 71.3 Å². The SMILES string of the molecule is CC(=O)N(Cc1ccc(F)cc1)CC1CC(c2ccccc2F)=NO1. The lowest BCUT2D eigenvalue weighted by atomic mass is 10.0. The lowest BCUT2D eigenvalue weighted by molar-refractivity contribution is -0.131. The highest BCUT2D eigenvalue weighted by Gasteiger charge is 2.27. The Kier molecular flexibility index (Phi) is 5.07. The van der Waals surface area contributed by atoms with Crippen LogP contribution in [-0.2, 0) is 16.2 Å². The van der Waals surface area contributed by atoms with Crippen molar-refractivity contribution in [2.45, 2.75) is 26.0 Å². The van der Waals surface area contributed by atoms with E-state index >= 15 is 0 Å². The zero-order valence-corrected chi connectivity index (χ0v) is 13.8. The fourth-order valence-electron chi connectivity index (χ4n) is 2.74. The van der Waals surface area contributed by atoms with Gasteiger partial charge in [-0.15, -0.1) is 0 Å². The third kappa shape index (κ3) is 4.21. The summed E-state index contributed by atoms with van der Waals surface area (Å²) in [5.41, 5.74) is 1.77. The molecular formula is C19H18F2N2O2. The lowest BCUT2D eigenvalue weighted by Gasteiger charge is -2.23. The quantitative estimate of drug-likeness (QED) is 0.833. The van der Waals surface area contributed by atoms with Crippen LogP contribution in [0.2, 0.25) is 0 Å². The van der Waals surface area contributed by atoms with Crippen LogP contribution in [0.25, 0.3) is 0 Å². The number of rotatable bonds is 5. The van der Waals surface area contributed by atoms with E-state index in [4.69, 9.17) is 4.84 Å². The van der Waals surface area contributed by atoms with Crippen molar-refractivity contribution < 1.29 is 18.4 Å². The van der Waals surface area contributed by atoms with Gasteiger partial charge in [0.1, 0.15) is 11.6 Å². The predicted octanol–water partition coefficient (Wildman–Crippen LogP) is 3.51. The molecule has 130 valence electrons. The maximum atomic E-state index is 13.8. The summed E-state index contributed by atoms with van der Waals surface area (Å²) in [7, 11) is 0. The van der Waals surface area contributed by atoms with E-state index in [9.17, 15) is 13.6 Å². The van der Waals surface area contributed by atoms with E-state index in [1.807, 2.05) is 0 Å². The van der Waals surface area contributed by atoms with E-state index in [0.29, 0.717) is 30.8 Å². The van der Waals surface area contributed by atoms with Crippen LogP contribution in [0.15, 0.2) is 53.7 Å². The Balaban J connectivity index is 1.63. The molecular weight excluding hydrogens is 326 g/mol. The second-order valence-corrected chi connectivity index (χ2v) is 5.98. The van der Waals surface area contributed by atoms with Gasteiger partial charge in [-0.25, -0.2) is 8.78 Å². The highest BCUT2D eigenvalue weighted by Crippen LogP contribution is 2.20. The molecule has 3 rings (SSSR count). The zero-order chi connectivity index (χ0) is 17.8. The third-order valence-electron chi connectivity index (χ3n) is 4.07. The molecule has 0 spiro atoms. The normalized spacial score (nSPS) is 16.3. The van der Waals surface area contributed by atoms with Crippen LogP contribution in [0, 0.1) is 11.6 Å². The number of amides is 1. The molecule has 0 N–H and O–H groups in total. The van der Waals surface area contributed by atoms with E-state index in [1.54, 1.807) is 35.2 Å². The number of halogens is 2. The predicted molar refractivity (Wildman–Crippen MR) is 89.9 cm³/mol. The summed E-state index contributed by atoms with van der Waals surface area (Å²) in [5, 5.41) is 3.97. The Labute approximate surface area is 144 Å². The maximum absolute atomic E-state index is 13.8. The summed E-state index contributed by atoms with van der Waals surface area (Å²) in [6, 6.07) is 12.4. The fourth-order valence-corrected chi connectivity index (χ4v) is 2.74. The monoisotopic (exact) mass is 344 g/mol. The van der Waals surface area contributed by atoms with Crippen molar-refractivity contribution in [3.8, 4) is 0 Å². The molecule has 0 saturated heterocycles. The highest BCUT2D eigenvalue weighted by atomic mass is 19.1. The summed E-state index contributed by atoms with van der Waals surface area (Å²) in [4.78, 5) is 18.9. The minimum absolute atomic E-state index is 0.118. The Morgan fingerprint density at radius 3 is 2.60 bits per heavy atom. The lowest BCUT2D eigenvalue weighted by Crippen LogP contribution is -2.35. The molecule has 0 aromatic heterocycles. The van der Waals surface area contributed by atoms with Gasteiger partial charge in [0, 0.05) is 25.5 Å². The van der Waals surface area contributed by atoms with Crippen molar-refractivity contribution in [1.29, 1.82) is 0 Å². The molecule has 1 heterocycles. The second-order valence-electron chi connectivity index (χ2n) is 5.98. The first-order chi connectivity index (χ1) is 12.0. The molecule has 1 aliphatic heterocycles. The molecule has 0 radical (unpaired) electrons. The molecule has 2 aromatic rings. The molecule has 1 atom stereocenters. The summed E-state index contributed by atoms with van der Waals surface area (Å²) in [5.74, 6) is -0.785. The fraction of sp³-hybridized carbons (Fsp3) is 0.263. The molecule has 0 bridgehead atoms. The van der Waals surface area contributed by atoms with Gasteiger partial charge >= 0.3 is 0 Å². The largest absolute Gasteiger partial charge is 0.390 e.